The van der Waals surface area contributed by atoms with Crippen molar-refractivity contribution in [1.82, 2.24) is 0 Å². The molecular formula is C4H12N2O2. The maximum absolute atomic E-state index is 8.72. The van der Waals surface area contributed by atoms with Crippen molar-refractivity contribution in [1.29, 1.82) is 0 Å². The van der Waals surface area contributed by atoms with Crippen LogP contribution >= 0.6 is 0 Å². The monoisotopic (exact) mass is 120 g/mol. The zero-order valence-corrected chi connectivity index (χ0v) is 4.62. The summed E-state index contributed by atoms with van der Waals surface area (Å²) in [5, 5.41) is 17.0. The van der Waals surface area contributed by atoms with Crippen molar-refractivity contribution >= 4 is 0 Å². The van der Waals surface area contributed by atoms with E-state index in [1.54, 1.807) is 0 Å². The van der Waals surface area contributed by atoms with E-state index in [0.29, 0.717) is 0 Å². The number of aliphatic hydroxyl groups excluding tert-OH is 2. The molecule has 0 aliphatic rings. The normalized spacial score (nSPS) is 18.0. The number of hydrogen-bond acceptors (Lipinski definition) is 4. The van der Waals surface area contributed by atoms with Crippen molar-refractivity contribution in [3.8, 4) is 0 Å². The lowest BCUT2D eigenvalue weighted by atomic mass is 10.2. The first kappa shape index (κ1) is 7.84. The highest BCUT2D eigenvalue weighted by Gasteiger charge is 2.09. The third-order valence-electron chi connectivity index (χ3n) is 0.947. The molecule has 0 radical (unpaired) electrons. The number of hydrogen-bond donors (Lipinski definition) is 4. The fraction of sp³-hybridized carbons (Fsp3) is 1.00. The predicted molar refractivity (Wildman–Crippen MR) is 30.1 cm³/mol. The van der Waals surface area contributed by atoms with Crippen molar-refractivity contribution in [3.63, 3.8) is 0 Å². The molecule has 0 rings (SSSR count). The first-order valence-corrected chi connectivity index (χ1v) is 2.47. The zero-order valence-electron chi connectivity index (χ0n) is 4.62. The Morgan fingerprint density at radius 2 is 2.00 bits per heavy atom. The van der Waals surface area contributed by atoms with E-state index in [0.717, 1.165) is 0 Å². The molecule has 0 amide bonds. The molecule has 0 aromatic carbocycles. The molecule has 0 aromatic rings. The van der Waals surface area contributed by atoms with Crippen LogP contribution in [0.3, 0.4) is 0 Å². The third-order valence-corrected chi connectivity index (χ3v) is 0.947. The minimum absolute atomic E-state index is 0.0989. The van der Waals surface area contributed by atoms with Gasteiger partial charge in [-0.1, -0.05) is 0 Å². The van der Waals surface area contributed by atoms with E-state index >= 15 is 0 Å². The average molecular weight is 120 g/mol. The van der Waals surface area contributed by atoms with Gasteiger partial charge in [0.1, 0.15) is 0 Å². The van der Waals surface area contributed by atoms with Crippen LogP contribution in [-0.2, 0) is 0 Å². The third kappa shape index (κ3) is 2.23. The van der Waals surface area contributed by atoms with E-state index in [1.807, 2.05) is 0 Å². The molecule has 4 nitrogen and oxygen atoms in total. The van der Waals surface area contributed by atoms with Crippen LogP contribution in [0.1, 0.15) is 0 Å². The van der Waals surface area contributed by atoms with Gasteiger partial charge in [-0.25, -0.2) is 0 Å². The van der Waals surface area contributed by atoms with Crippen LogP contribution in [0.15, 0.2) is 0 Å². The fourth-order valence-corrected chi connectivity index (χ4v) is 0.296. The summed E-state index contributed by atoms with van der Waals surface area (Å²) in [5.41, 5.74) is 10.2. The first-order valence-electron chi connectivity index (χ1n) is 2.47. The van der Waals surface area contributed by atoms with Crippen molar-refractivity contribution in [2.24, 2.45) is 11.5 Å². The Balaban J connectivity index is 3.29. The second kappa shape index (κ2) is 3.80. The number of aliphatic hydroxyl groups is 2. The van der Waals surface area contributed by atoms with Crippen molar-refractivity contribution in [3.05, 3.63) is 0 Å². The van der Waals surface area contributed by atoms with E-state index in [1.165, 1.54) is 0 Å². The molecule has 0 heterocycles. The van der Waals surface area contributed by atoms with Gasteiger partial charge in [0.25, 0.3) is 0 Å². The van der Waals surface area contributed by atoms with E-state index < -0.39 is 12.1 Å². The average Bonchev–Trinajstić information content (AvgIpc) is 1.84. The highest BCUT2D eigenvalue weighted by atomic mass is 16.3. The lowest BCUT2D eigenvalue weighted by Crippen LogP contribution is -2.42. The lowest BCUT2D eigenvalue weighted by molar-refractivity contribution is 0.115. The van der Waals surface area contributed by atoms with Gasteiger partial charge in [0, 0.05) is 6.54 Å². The standard InChI is InChI=1S/C4H12N2O2/c5-1-4(8)3(6)2-7/h3-4,7-8H,1-2,5-6H2/t3-,4-/m1/s1. The van der Waals surface area contributed by atoms with Gasteiger partial charge < -0.3 is 21.7 Å². The Hall–Kier alpha value is -0.160. The number of nitrogens with two attached hydrogens (primary N) is 2. The van der Waals surface area contributed by atoms with Gasteiger partial charge in [-0.2, -0.15) is 0 Å². The first-order chi connectivity index (χ1) is 3.72. The Kier molecular flexibility index (Phi) is 3.72. The van der Waals surface area contributed by atoms with Crippen LogP contribution in [-0.4, -0.2) is 35.5 Å². The largest absolute Gasteiger partial charge is 0.395 e. The molecule has 0 bridgehead atoms. The molecule has 6 N–H and O–H groups in total. The predicted octanol–water partition coefficient (Wildman–Crippen LogP) is -2.37. The zero-order chi connectivity index (χ0) is 6.57. The molecule has 0 fully saturated rings. The summed E-state index contributed by atoms with van der Waals surface area (Å²) in [6, 6.07) is -0.597. The molecule has 0 unspecified atom stereocenters. The van der Waals surface area contributed by atoms with Crippen LogP contribution in [0.5, 0.6) is 0 Å². The summed E-state index contributed by atoms with van der Waals surface area (Å²) in [6.45, 7) is -0.125. The summed E-state index contributed by atoms with van der Waals surface area (Å²) in [5.74, 6) is 0. The Morgan fingerprint density at radius 1 is 1.50 bits per heavy atom. The molecule has 0 saturated heterocycles. The van der Waals surface area contributed by atoms with Gasteiger partial charge >= 0.3 is 0 Å². The maximum atomic E-state index is 8.72. The second-order valence-electron chi connectivity index (χ2n) is 1.65. The summed E-state index contributed by atoms with van der Waals surface area (Å²) >= 11 is 0. The van der Waals surface area contributed by atoms with Crippen LogP contribution in [0.25, 0.3) is 0 Å². The van der Waals surface area contributed by atoms with Crippen molar-refractivity contribution in [2.45, 2.75) is 12.1 Å². The molecule has 50 valence electrons. The highest BCUT2D eigenvalue weighted by molar-refractivity contribution is 4.69. The molecule has 8 heavy (non-hydrogen) atoms. The van der Waals surface area contributed by atoms with Gasteiger partial charge in [0.2, 0.25) is 0 Å². The van der Waals surface area contributed by atoms with Gasteiger partial charge in [-0.15, -0.1) is 0 Å². The van der Waals surface area contributed by atoms with E-state index in [-0.39, 0.29) is 13.2 Å². The van der Waals surface area contributed by atoms with Crippen LogP contribution in [0, 0.1) is 0 Å². The lowest BCUT2D eigenvalue weighted by Gasteiger charge is -2.12. The second-order valence-corrected chi connectivity index (χ2v) is 1.65. The Morgan fingerprint density at radius 3 is 2.12 bits per heavy atom. The molecular weight excluding hydrogens is 108 g/mol. The van der Waals surface area contributed by atoms with Crippen LogP contribution in [0.2, 0.25) is 0 Å². The topological polar surface area (TPSA) is 92.5 Å². The molecule has 4 heteroatoms. The van der Waals surface area contributed by atoms with Crippen LogP contribution in [0.4, 0.5) is 0 Å². The molecule has 0 saturated carbocycles. The van der Waals surface area contributed by atoms with Gasteiger partial charge in [0.15, 0.2) is 0 Å². The number of rotatable bonds is 3. The van der Waals surface area contributed by atoms with E-state index in [9.17, 15) is 0 Å². The Labute approximate surface area is 48.1 Å². The van der Waals surface area contributed by atoms with E-state index in [4.69, 9.17) is 21.7 Å². The highest BCUT2D eigenvalue weighted by Crippen LogP contribution is 1.83. The smallest absolute Gasteiger partial charge is 0.0835 e. The molecule has 0 aromatic heterocycles. The molecule has 2 atom stereocenters. The minimum atomic E-state index is -0.778. The summed E-state index contributed by atoms with van der Waals surface area (Å²) in [6.07, 6.45) is -0.778. The van der Waals surface area contributed by atoms with Crippen molar-refractivity contribution in [2.75, 3.05) is 13.2 Å². The van der Waals surface area contributed by atoms with Gasteiger partial charge in [-0.3, -0.25) is 0 Å². The minimum Gasteiger partial charge on any atom is -0.395 e. The SMILES string of the molecule is NC[C@@H](O)[C@H](N)CO. The van der Waals surface area contributed by atoms with E-state index in [2.05, 4.69) is 0 Å². The summed E-state index contributed by atoms with van der Waals surface area (Å²) in [4.78, 5) is 0. The van der Waals surface area contributed by atoms with Gasteiger partial charge in [-0.05, 0) is 0 Å². The summed E-state index contributed by atoms with van der Waals surface area (Å²) in [7, 11) is 0. The van der Waals surface area contributed by atoms with Crippen molar-refractivity contribution < 1.29 is 10.2 Å². The molecule has 0 aliphatic carbocycles. The fourth-order valence-electron chi connectivity index (χ4n) is 0.296. The Bertz CT molecular complexity index is 52.0. The summed E-state index contributed by atoms with van der Waals surface area (Å²) < 4.78 is 0. The molecule has 0 aliphatic heterocycles. The molecule has 0 spiro atoms. The van der Waals surface area contributed by atoms with Gasteiger partial charge in [0.05, 0.1) is 18.8 Å². The maximum Gasteiger partial charge on any atom is 0.0835 e. The van der Waals surface area contributed by atoms with Crippen LogP contribution < -0.4 is 11.5 Å². The quantitative estimate of drug-likeness (QED) is 0.335.